The van der Waals surface area contributed by atoms with E-state index in [2.05, 4.69) is 0 Å². The highest BCUT2D eigenvalue weighted by molar-refractivity contribution is 5.86. The molecule has 0 aromatic rings. The fourth-order valence-corrected chi connectivity index (χ4v) is 1.21. The number of nitrogens with zero attached hydrogens (tertiary/aromatic N) is 1. The van der Waals surface area contributed by atoms with Gasteiger partial charge in [0.05, 0.1) is 0 Å². The number of carboxylic acids is 1. The van der Waals surface area contributed by atoms with Gasteiger partial charge < -0.3 is 15.3 Å². The molecule has 5 nitrogen and oxygen atoms in total. The van der Waals surface area contributed by atoms with Crippen molar-refractivity contribution in [2.24, 2.45) is 0 Å². The minimum atomic E-state index is -5.38. The van der Waals surface area contributed by atoms with Gasteiger partial charge in [-0.3, -0.25) is 0 Å². The molecule has 0 saturated carbocycles. The number of hydrogen-bond acceptors (Lipinski definition) is 2. The van der Waals surface area contributed by atoms with E-state index in [1.54, 1.807) is 0 Å². The first-order valence-corrected chi connectivity index (χ1v) is 5.57. The smallest absolute Gasteiger partial charge is 0.422 e. The Hall–Kier alpha value is -1.68. The second kappa shape index (κ2) is 5.98. The number of carbonyl (C=O) groups is 2. The summed E-state index contributed by atoms with van der Waals surface area (Å²) in [5.41, 5.74) is -3.69. The van der Waals surface area contributed by atoms with Crippen LogP contribution in [-0.2, 0) is 4.79 Å². The lowest BCUT2D eigenvalue weighted by Crippen LogP contribution is -2.65. The van der Waals surface area contributed by atoms with E-state index >= 15 is 0 Å². The Bertz CT molecular complexity index is 407. The van der Waals surface area contributed by atoms with E-state index in [1.807, 2.05) is 0 Å². The van der Waals surface area contributed by atoms with Crippen molar-refractivity contribution >= 4 is 12.0 Å². The van der Waals surface area contributed by atoms with Gasteiger partial charge in [0.2, 0.25) is 5.54 Å². The second-order valence-electron chi connectivity index (χ2n) is 4.69. The molecule has 1 atom stereocenters. The summed E-state index contributed by atoms with van der Waals surface area (Å²) >= 11 is 0. The molecule has 11 heteroatoms. The van der Waals surface area contributed by atoms with Crippen molar-refractivity contribution in [1.29, 1.82) is 0 Å². The van der Waals surface area contributed by atoms with Gasteiger partial charge in [-0.05, 0) is 20.8 Å². The highest BCUT2D eigenvalue weighted by Gasteiger charge is 2.59. The third-order valence-electron chi connectivity index (χ3n) is 2.59. The molecule has 21 heavy (non-hydrogen) atoms. The van der Waals surface area contributed by atoms with Gasteiger partial charge in [0.25, 0.3) is 0 Å². The minimum absolute atomic E-state index is 0.0624. The number of carboxylic acid groups (broad SMARTS) is 1. The highest BCUT2D eigenvalue weighted by atomic mass is 19.4. The number of urea groups is 1. The summed E-state index contributed by atoms with van der Waals surface area (Å²) < 4.78 is 74.9. The first-order chi connectivity index (χ1) is 9.12. The van der Waals surface area contributed by atoms with Gasteiger partial charge in [0.15, 0.2) is 0 Å². The average Bonchev–Trinajstić information content (AvgIpc) is 2.22. The third-order valence-corrected chi connectivity index (χ3v) is 2.59. The van der Waals surface area contributed by atoms with Crippen LogP contribution in [0.15, 0.2) is 0 Å². The number of hydrogen-bond donors (Lipinski definition) is 2. The molecule has 0 aromatic carbocycles. The van der Waals surface area contributed by atoms with Gasteiger partial charge in [-0.15, -0.1) is 0 Å². The quantitative estimate of drug-likeness (QED) is 0.780. The van der Waals surface area contributed by atoms with E-state index in [0.717, 1.165) is 19.2 Å². The summed E-state index contributed by atoms with van der Waals surface area (Å²) in [6.45, 7) is 0.650. The summed E-state index contributed by atoms with van der Waals surface area (Å²) in [6, 6.07) is -2.86. The summed E-state index contributed by atoms with van der Waals surface area (Å²) in [5, 5.41) is 9.69. The normalized spacial score (nSPS) is 15.5. The molecule has 0 rings (SSSR count). The van der Waals surface area contributed by atoms with Crippen molar-refractivity contribution in [2.75, 3.05) is 6.54 Å². The summed E-state index contributed by atoms with van der Waals surface area (Å²) in [4.78, 5) is 22.3. The van der Waals surface area contributed by atoms with Crippen LogP contribution >= 0.6 is 0 Å². The number of amides is 2. The molecule has 0 aliphatic rings. The lowest BCUT2D eigenvalue weighted by atomic mass is 10.0. The van der Waals surface area contributed by atoms with Gasteiger partial charge in [-0.25, -0.2) is 9.59 Å². The Morgan fingerprint density at radius 3 is 1.81 bits per heavy atom. The number of rotatable bonds is 4. The van der Waals surface area contributed by atoms with Gasteiger partial charge in [-0.2, -0.15) is 26.3 Å². The molecular weight excluding hydrogens is 310 g/mol. The number of halogens is 6. The van der Waals surface area contributed by atoms with E-state index in [0.29, 0.717) is 0 Å². The van der Waals surface area contributed by atoms with Crippen LogP contribution in [0.3, 0.4) is 0 Å². The van der Waals surface area contributed by atoms with Gasteiger partial charge >= 0.3 is 24.4 Å². The van der Waals surface area contributed by atoms with Crippen LogP contribution < -0.4 is 5.32 Å². The molecule has 0 saturated heterocycles. The molecule has 0 aliphatic heterocycles. The fraction of sp³-hybridized carbons (Fsp3) is 0.800. The molecule has 0 heterocycles. The SMILES string of the molecule is CC(C)N(CC(F)(F)F)C(=O)NC(C)(C(=O)O)C(F)(F)F. The van der Waals surface area contributed by atoms with Crippen molar-refractivity contribution in [3.05, 3.63) is 0 Å². The zero-order valence-corrected chi connectivity index (χ0v) is 11.3. The maximum absolute atomic E-state index is 12.7. The Morgan fingerprint density at radius 1 is 1.14 bits per heavy atom. The molecule has 1 unspecified atom stereocenters. The van der Waals surface area contributed by atoms with Crippen LogP contribution in [0.1, 0.15) is 20.8 Å². The van der Waals surface area contributed by atoms with Crippen molar-refractivity contribution in [1.82, 2.24) is 10.2 Å². The fourth-order valence-electron chi connectivity index (χ4n) is 1.21. The van der Waals surface area contributed by atoms with Crippen LogP contribution in [0.25, 0.3) is 0 Å². The molecule has 0 spiro atoms. The predicted octanol–water partition coefficient (Wildman–Crippen LogP) is 2.37. The summed E-state index contributed by atoms with van der Waals surface area (Å²) in [6.07, 6.45) is -10.2. The van der Waals surface area contributed by atoms with Gasteiger partial charge in [-0.1, -0.05) is 0 Å². The monoisotopic (exact) mass is 324 g/mol. The third kappa shape index (κ3) is 4.97. The van der Waals surface area contributed by atoms with Crippen LogP contribution in [-0.4, -0.2) is 52.5 Å². The molecule has 0 radical (unpaired) electrons. The molecule has 0 aromatic heterocycles. The zero-order valence-electron chi connectivity index (χ0n) is 11.3. The Morgan fingerprint density at radius 2 is 1.57 bits per heavy atom. The summed E-state index contributed by atoms with van der Waals surface area (Å²) in [7, 11) is 0. The van der Waals surface area contributed by atoms with E-state index in [9.17, 15) is 35.9 Å². The zero-order chi connectivity index (χ0) is 17.2. The molecule has 0 aliphatic carbocycles. The Balaban J connectivity index is 5.35. The van der Waals surface area contributed by atoms with E-state index in [4.69, 9.17) is 5.11 Å². The topological polar surface area (TPSA) is 69.6 Å². The highest BCUT2D eigenvalue weighted by Crippen LogP contribution is 2.31. The Labute approximate surface area is 115 Å². The lowest BCUT2D eigenvalue weighted by molar-refractivity contribution is -0.204. The predicted molar refractivity (Wildman–Crippen MR) is 58.5 cm³/mol. The maximum atomic E-state index is 12.7. The van der Waals surface area contributed by atoms with E-state index < -0.39 is 42.5 Å². The first-order valence-electron chi connectivity index (χ1n) is 5.57. The molecule has 0 fully saturated rings. The van der Waals surface area contributed by atoms with Gasteiger partial charge in [0.1, 0.15) is 6.54 Å². The van der Waals surface area contributed by atoms with Crippen molar-refractivity contribution in [2.45, 2.75) is 44.7 Å². The number of aliphatic carboxylic acids is 1. The van der Waals surface area contributed by atoms with Crippen LogP contribution in [0.2, 0.25) is 0 Å². The summed E-state index contributed by atoms with van der Waals surface area (Å²) in [5.74, 6) is -2.43. The largest absolute Gasteiger partial charge is 0.479 e. The van der Waals surface area contributed by atoms with E-state index in [1.165, 1.54) is 0 Å². The molecular formula is C10H14F6N2O3. The lowest BCUT2D eigenvalue weighted by Gasteiger charge is -2.34. The maximum Gasteiger partial charge on any atom is 0.422 e. The van der Waals surface area contributed by atoms with Crippen molar-refractivity contribution < 1.29 is 41.0 Å². The van der Waals surface area contributed by atoms with Crippen LogP contribution in [0, 0.1) is 0 Å². The Kier molecular flexibility index (Phi) is 5.50. The average molecular weight is 324 g/mol. The number of nitrogens with one attached hydrogen (secondary N) is 1. The van der Waals surface area contributed by atoms with E-state index in [-0.39, 0.29) is 11.8 Å². The van der Waals surface area contributed by atoms with Crippen molar-refractivity contribution in [3.63, 3.8) is 0 Å². The molecule has 2 amide bonds. The van der Waals surface area contributed by atoms with Gasteiger partial charge in [0, 0.05) is 6.04 Å². The standard InChI is InChI=1S/C10H14F6N2O3/c1-5(2)18(4-9(11,12)13)7(21)17-8(3,6(19)20)10(14,15)16/h5H,4H2,1-3H3,(H,17,21)(H,19,20). The minimum Gasteiger partial charge on any atom is -0.479 e. The number of carbonyl (C=O) groups excluding carboxylic acids is 1. The van der Waals surface area contributed by atoms with Crippen LogP contribution in [0.5, 0.6) is 0 Å². The van der Waals surface area contributed by atoms with Crippen molar-refractivity contribution in [3.8, 4) is 0 Å². The number of alkyl halides is 6. The molecule has 124 valence electrons. The molecule has 2 N–H and O–H groups in total. The second-order valence-corrected chi connectivity index (χ2v) is 4.69. The molecule has 0 bridgehead atoms. The first kappa shape index (κ1) is 19.3. The van der Waals surface area contributed by atoms with Crippen LogP contribution in [0.4, 0.5) is 31.1 Å².